The lowest BCUT2D eigenvalue weighted by Gasteiger charge is -2.15. The summed E-state index contributed by atoms with van der Waals surface area (Å²) >= 11 is 0. The largest absolute Gasteiger partial charge is 0.481 e. The maximum Gasteiger partial charge on any atom is 0.303 e. The van der Waals surface area contributed by atoms with Crippen LogP contribution in [0.25, 0.3) is 0 Å². The van der Waals surface area contributed by atoms with E-state index in [9.17, 15) is 4.79 Å². The second kappa shape index (κ2) is 6.14. The van der Waals surface area contributed by atoms with Crippen LogP contribution in [0.5, 0.6) is 0 Å². The van der Waals surface area contributed by atoms with E-state index in [1.807, 2.05) is 37.3 Å². The Kier molecular flexibility index (Phi) is 4.29. The number of aromatic nitrogens is 1. The van der Waals surface area contributed by atoms with E-state index in [4.69, 9.17) is 5.11 Å². The molecule has 0 amide bonds. The maximum atomic E-state index is 11.0. The Labute approximate surface area is 112 Å². The lowest BCUT2D eigenvalue weighted by molar-refractivity contribution is -0.137. The molecule has 1 aromatic carbocycles. The zero-order chi connectivity index (χ0) is 13.7. The van der Waals surface area contributed by atoms with Gasteiger partial charge in [0.15, 0.2) is 0 Å². The van der Waals surface area contributed by atoms with Crippen molar-refractivity contribution in [2.24, 2.45) is 0 Å². The van der Waals surface area contributed by atoms with Gasteiger partial charge in [-0.3, -0.25) is 9.78 Å². The first-order chi connectivity index (χ1) is 9.15. The third-order valence-electron chi connectivity index (χ3n) is 3.14. The van der Waals surface area contributed by atoms with E-state index in [0.717, 1.165) is 17.5 Å². The normalized spacial score (nSPS) is 12.1. The van der Waals surface area contributed by atoms with Crippen LogP contribution in [0.15, 0.2) is 48.8 Å². The minimum absolute atomic E-state index is 0.0343. The molecule has 0 spiro atoms. The second-order valence-corrected chi connectivity index (χ2v) is 4.77. The monoisotopic (exact) mass is 255 g/mol. The predicted molar refractivity (Wildman–Crippen MR) is 74.1 cm³/mol. The molecule has 2 rings (SSSR count). The second-order valence-electron chi connectivity index (χ2n) is 4.77. The van der Waals surface area contributed by atoms with Gasteiger partial charge in [-0.1, -0.05) is 35.9 Å². The molecule has 3 nitrogen and oxygen atoms in total. The molecule has 2 aromatic rings. The Balaban J connectivity index is 2.21. The highest BCUT2D eigenvalue weighted by Gasteiger charge is 2.16. The van der Waals surface area contributed by atoms with Crippen molar-refractivity contribution >= 4 is 5.97 Å². The number of benzene rings is 1. The molecular formula is C16H17NO2. The van der Waals surface area contributed by atoms with Crippen molar-refractivity contribution in [3.8, 4) is 0 Å². The number of nitrogens with zero attached hydrogens (tertiary/aromatic N) is 1. The van der Waals surface area contributed by atoms with Crippen molar-refractivity contribution in [2.45, 2.75) is 25.7 Å². The number of carboxylic acids is 1. The third-order valence-corrected chi connectivity index (χ3v) is 3.14. The summed E-state index contributed by atoms with van der Waals surface area (Å²) in [5, 5.41) is 9.06. The van der Waals surface area contributed by atoms with E-state index in [2.05, 4.69) is 11.1 Å². The topological polar surface area (TPSA) is 50.2 Å². The van der Waals surface area contributed by atoms with Crippen molar-refractivity contribution in [1.29, 1.82) is 0 Å². The van der Waals surface area contributed by atoms with Crippen LogP contribution in [-0.2, 0) is 11.2 Å². The minimum Gasteiger partial charge on any atom is -0.481 e. The molecule has 0 aliphatic carbocycles. The van der Waals surface area contributed by atoms with Crippen LogP contribution < -0.4 is 0 Å². The van der Waals surface area contributed by atoms with Gasteiger partial charge in [-0.05, 0) is 36.5 Å². The van der Waals surface area contributed by atoms with E-state index >= 15 is 0 Å². The van der Waals surface area contributed by atoms with Gasteiger partial charge in [0, 0.05) is 12.4 Å². The standard InChI is InChI=1S/C16H17NO2/c1-12-4-2-5-13(8-12)9-15(10-16(18)19)14-6-3-7-17-11-14/h2-8,11,15H,9-10H2,1H3,(H,18,19). The average Bonchev–Trinajstić information content (AvgIpc) is 2.38. The van der Waals surface area contributed by atoms with E-state index in [1.165, 1.54) is 5.56 Å². The van der Waals surface area contributed by atoms with Gasteiger partial charge in [0.05, 0.1) is 6.42 Å². The maximum absolute atomic E-state index is 11.0. The summed E-state index contributed by atoms with van der Waals surface area (Å²) in [6, 6.07) is 12.0. The van der Waals surface area contributed by atoms with Crippen LogP contribution in [0.2, 0.25) is 0 Å². The third kappa shape index (κ3) is 3.91. The highest BCUT2D eigenvalue weighted by atomic mass is 16.4. The van der Waals surface area contributed by atoms with Gasteiger partial charge in [-0.2, -0.15) is 0 Å². The molecular weight excluding hydrogens is 238 g/mol. The molecule has 1 aromatic heterocycles. The molecule has 19 heavy (non-hydrogen) atoms. The van der Waals surface area contributed by atoms with Gasteiger partial charge in [-0.15, -0.1) is 0 Å². The number of pyridine rings is 1. The fourth-order valence-corrected chi connectivity index (χ4v) is 2.26. The van der Waals surface area contributed by atoms with E-state index in [0.29, 0.717) is 0 Å². The SMILES string of the molecule is Cc1cccc(CC(CC(=O)O)c2cccnc2)c1. The molecule has 0 saturated heterocycles. The molecule has 0 radical (unpaired) electrons. The number of aryl methyl sites for hydroxylation is 1. The summed E-state index contributed by atoms with van der Waals surface area (Å²) in [5.74, 6) is -0.811. The molecule has 0 aliphatic rings. The Hall–Kier alpha value is -2.16. The molecule has 1 heterocycles. The molecule has 0 bridgehead atoms. The summed E-state index contributed by atoms with van der Waals surface area (Å²) in [4.78, 5) is 15.1. The first-order valence-corrected chi connectivity index (χ1v) is 6.32. The van der Waals surface area contributed by atoms with E-state index in [-0.39, 0.29) is 12.3 Å². The van der Waals surface area contributed by atoms with Crippen molar-refractivity contribution < 1.29 is 9.90 Å². The zero-order valence-electron chi connectivity index (χ0n) is 10.9. The summed E-state index contributed by atoms with van der Waals surface area (Å²) < 4.78 is 0. The lowest BCUT2D eigenvalue weighted by atomic mass is 9.90. The van der Waals surface area contributed by atoms with E-state index in [1.54, 1.807) is 12.4 Å². The van der Waals surface area contributed by atoms with Gasteiger partial charge >= 0.3 is 5.97 Å². The smallest absolute Gasteiger partial charge is 0.303 e. The first-order valence-electron chi connectivity index (χ1n) is 6.32. The van der Waals surface area contributed by atoms with Crippen molar-refractivity contribution in [3.63, 3.8) is 0 Å². The number of hydrogen-bond donors (Lipinski definition) is 1. The molecule has 1 unspecified atom stereocenters. The van der Waals surface area contributed by atoms with Crippen LogP contribution in [0.3, 0.4) is 0 Å². The number of rotatable bonds is 5. The van der Waals surface area contributed by atoms with Crippen LogP contribution >= 0.6 is 0 Å². The van der Waals surface area contributed by atoms with Crippen molar-refractivity contribution in [3.05, 3.63) is 65.5 Å². The van der Waals surface area contributed by atoms with Crippen LogP contribution in [0.4, 0.5) is 0 Å². The van der Waals surface area contributed by atoms with Crippen molar-refractivity contribution in [2.75, 3.05) is 0 Å². The predicted octanol–water partition coefficient (Wildman–Crippen LogP) is 3.19. The molecule has 1 N–H and O–H groups in total. The molecule has 98 valence electrons. The van der Waals surface area contributed by atoms with Gasteiger partial charge < -0.3 is 5.11 Å². The Bertz CT molecular complexity index is 552. The van der Waals surface area contributed by atoms with Gasteiger partial charge in [0.1, 0.15) is 0 Å². The number of aliphatic carboxylic acids is 1. The molecule has 0 saturated carbocycles. The molecule has 0 fully saturated rings. The molecule has 3 heteroatoms. The fourth-order valence-electron chi connectivity index (χ4n) is 2.26. The first kappa shape index (κ1) is 13.3. The van der Waals surface area contributed by atoms with Gasteiger partial charge in [-0.25, -0.2) is 0 Å². The zero-order valence-corrected chi connectivity index (χ0v) is 10.9. The number of carboxylic acid groups (broad SMARTS) is 1. The highest BCUT2D eigenvalue weighted by Crippen LogP contribution is 2.24. The Morgan fingerprint density at radius 3 is 2.79 bits per heavy atom. The molecule has 0 aliphatic heterocycles. The van der Waals surface area contributed by atoms with E-state index < -0.39 is 5.97 Å². The van der Waals surface area contributed by atoms with Crippen LogP contribution in [-0.4, -0.2) is 16.1 Å². The fraction of sp³-hybridized carbons (Fsp3) is 0.250. The quantitative estimate of drug-likeness (QED) is 0.892. The average molecular weight is 255 g/mol. The van der Waals surface area contributed by atoms with Gasteiger partial charge in [0.25, 0.3) is 0 Å². The number of carbonyl (C=O) groups is 1. The minimum atomic E-state index is -0.776. The summed E-state index contributed by atoms with van der Waals surface area (Å²) in [5.41, 5.74) is 3.33. The van der Waals surface area contributed by atoms with Crippen LogP contribution in [0, 0.1) is 6.92 Å². The van der Waals surface area contributed by atoms with Gasteiger partial charge in [0.2, 0.25) is 0 Å². The van der Waals surface area contributed by atoms with Crippen LogP contribution in [0.1, 0.15) is 29.0 Å². The lowest BCUT2D eigenvalue weighted by Crippen LogP contribution is -2.09. The van der Waals surface area contributed by atoms with Crippen molar-refractivity contribution in [1.82, 2.24) is 4.98 Å². The Morgan fingerprint density at radius 2 is 2.16 bits per heavy atom. The molecule has 1 atom stereocenters. The Morgan fingerprint density at radius 1 is 1.32 bits per heavy atom. The summed E-state index contributed by atoms with van der Waals surface area (Å²) in [6.45, 7) is 2.04. The highest BCUT2D eigenvalue weighted by molar-refractivity contribution is 5.68. The summed E-state index contributed by atoms with van der Waals surface area (Å²) in [6.07, 6.45) is 4.30. The number of hydrogen-bond acceptors (Lipinski definition) is 2. The summed E-state index contributed by atoms with van der Waals surface area (Å²) in [7, 11) is 0.